The molecule has 0 N–H and O–H groups in total. The van der Waals surface area contributed by atoms with Crippen LogP contribution in [0.4, 0.5) is 5.69 Å². The number of aromatic nitrogens is 1. The van der Waals surface area contributed by atoms with E-state index >= 15 is 0 Å². The van der Waals surface area contributed by atoms with Crippen LogP contribution in [-0.2, 0) is 14.3 Å². The summed E-state index contributed by atoms with van der Waals surface area (Å²) in [5.74, 6) is 0.233. The van der Waals surface area contributed by atoms with E-state index in [1.807, 2.05) is 0 Å². The highest BCUT2D eigenvalue weighted by molar-refractivity contribution is 7.07. The molecule has 2 aromatic carbocycles. The summed E-state index contributed by atoms with van der Waals surface area (Å²) in [7, 11) is 2.99. The predicted molar refractivity (Wildman–Crippen MR) is 148 cm³/mol. The van der Waals surface area contributed by atoms with Gasteiger partial charge in [0.1, 0.15) is 13.2 Å². The molecule has 0 spiro atoms. The molecule has 3 aromatic rings. The summed E-state index contributed by atoms with van der Waals surface area (Å²) in [5.41, 5.74) is 1.12. The Balaban J connectivity index is 1.90. The lowest BCUT2D eigenvalue weighted by Crippen LogP contribution is -2.40. The maximum Gasteiger partial charge on any atom is 0.338 e. The molecule has 1 aliphatic rings. The average Bonchev–Trinajstić information content (AvgIpc) is 3.25. The van der Waals surface area contributed by atoms with Gasteiger partial charge in [-0.25, -0.2) is 9.79 Å². The van der Waals surface area contributed by atoms with Crippen molar-refractivity contribution in [3.05, 3.63) is 107 Å². The van der Waals surface area contributed by atoms with Gasteiger partial charge in [-0.2, -0.15) is 0 Å². The van der Waals surface area contributed by atoms with Crippen LogP contribution in [-0.4, -0.2) is 49.5 Å². The molecule has 208 valence electrons. The maximum atomic E-state index is 13.8. The number of carbonyl (C=O) groups is 1. The first-order valence-corrected chi connectivity index (χ1v) is 12.9. The number of non-ortho nitro benzene ring substituents is 1. The van der Waals surface area contributed by atoms with Crippen LogP contribution in [0.1, 0.15) is 24.1 Å². The third kappa shape index (κ3) is 5.87. The molecule has 0 bridgehead atoms. The maximum absolute atomic E-state index is 13.8. The number of hydrogen-bond acceptors (Lipinski definition) is 10. The molecule has 4 rings (SSSR count). The van der Waals surface area contributed by atoms with Crippen LogP contribution in [0, 0.1) is 10.1 Å². The summed E-state index contributed by atoms with van der Waals surface area (Å²) < 4.78 is 23.4. The van der Waals surface area contributed by atoms with Gasteiger partial charge < -0.3 is 18.9 Å². The Labute approximate surface area is 233 Å². The van der Waals surface area contributed by atoms with Gasteiger partial charge in [-0.3, -0.25) is 19.5 Å². The molecule has 11 nitrogen and oxygen atoms in total. The van der Waals surface area contributed by atoms with Crippen molar-refractivity contribution in [3.8, 4) is 11.5 Å². The Hall–Kier alpha value is -4.55. The Bertz CT molecular complexity index is 1670. The molecule has 1 unspecified atom stereocenters. The van der Waals surface area contributed by atoms with Gasteiger partial charge in [0.2, 0.25) is 0 Å². The molecule has 0 saturated heterocycles. The quantitative estimate of drug-likeness (QED) is 0.114. The van der Waals surface area contributed by atoms with Gasteiger partial charge in [0.15, 0.2) is 16.3 Å². The monoisotopic (exact) mass is 565 g/mol. The second-order valence-electron chi connectivity index (χ2n) is 8.57. The molecule has 0 amide bonds. The number of nitro benzene ring substituents is 1. The highest BCUT2D eigenvalue weighted by atomic mass is 32.1. The minimum atomic E-state index is -0.888. The van der Waals surface area contributed by atoms with Crippen molar-refractivity contribution in [1.82, 2.24) is 4.57 Å². The highest BCUT2D eigenvalue weighted by Crippen LogP contribution is 2.36. The molecular weight excluding hydrogens is 538 g/mol. The van der Waals surface area contributed by atoms with Crippen molar-refractivity contribution in [2.24, 2.45) is 4.99 Å². The predicted octanol–water partition coefficient (Wildman–Crippen LogP) is 2.91. The number of thiazole rings is 1. The number of allylic oxidation sites excluding steroid dienone is 1. The van der Waals surface area contributed by atoms with Crippen molar-refractivity contribution in [2.75, 3.05) is 34.0 Å². The number of methoxy groups -OCH3 is 2. The van der Waals surface area contributed by atoms with Crippen molar-refractivity contribution in [1.29, 1.82) is 0 Å². The topological polar surface area (TPSA) is 131 Å². The van der Waals surface area contributed by atoms with Gasteiger partial charge in [0, 0.05) is 19.2 Å². The standard InChI is InChI=1S/C28H27N3O8S/c1-5-11-38-21-10-9-19(16-22(21)37-4)25-24(27(33)39-13-12-36-3)17(2)29-28-30(25)26(32)23(40-28)15-18-7-6-8-20(14-18)31(34)35/h5-10,14-16,25H,1,11-13H2,2-4H3. The van der Waals surface area contributed by atoms with Gasteiger partial charge in [-0.1, -0.05) is 42.2 Å². The average molecular weight is 566 g/mol. The van der Waals surface area contributed by atoms with Gasteiger partial charge in [-0.15, -0.1) is 0 Å². The first kappa shape index (κ1) is 28.5. The molecule has 0 fully saturated rings. The summed E-state index contributed by atoms with van der Waals surface area (Å²) in [6, 6.07) is 10.2. The summed E-state index contributed by atoms with van der Waals surface area (Å²) in [6.45, 7) is 5.82. The number of ether oxygens (including phenoxy) is 4. The van der Waals surface area contributed by atoms with Gasteiger partial charge in [-0.05, 0) is 36.3 Å². The van der Waals surface area contributed by atoms with Crippen LogP contribution < -0.4 is 24.4 Å². The molecule has 0 saturated carbocycles. The Kier molecular flexibility index (Phi) is 8.92. The molecule has 0 radical (unpaired) electrons. The summed E-state index contributed by atoms with van der Waals surface area (Å²) in [4.78, 5) is 42.8. The zero-order valence-corrected chi connectivity index (χ0v) is 22.9. The van der Waals surface area contributed by atoms with Crippen molar-refractivity contribution in [2.45, 2.75) is 13.0 Å². The van der Waals surface area contributed by atoms with Crippen molar-refractivity contribution < 1.29 is 28.7 Å². The molecule has 1 atom stereocenters. The molecular formula is C28H27N3O8S. The Morgan fingerprint density at radius 2 is 2.00 bits per heavy atom. The Morgan fingerprint density at radius 3 is 2.70 bits per heavy atom. The number of esters is 1. The van der Waals surface area contributed by atoms with E-state index in [-0.39, 0.29) is 31.1 Å². The molecule has 1 aliphatic heterocycles. The van der Waals surface area contributed by atoms with E-state index in [4.69, 9.17) is 18.9 Å². The third-order valence-electron chi connectivity index (χ3n) is 6.00. The lowest BCUT2D eigenvalue weighted by Gasteiger charge is -2.25. The zero-order valence-electron chi connectivity index (χ0n) is 22.1. The fourth-order valence-corrected chi connectivity index (χ4v) is 5.24. The minimum Gasteiger partial charge on any atom is -0.493 e. The van der Waals surface area contributed by atoms with E-state index in [2.05, 4.69) is 11.6 Å². The minimum absolute atomic E-state index is 0.0215. The van der Waals surface area contributed by atoms with Crippen LogP contribution in [0.3, 0.4) is 0 Å². The molecule has 40 heavy (non-hydrogen) atoms. The summed E-state index contributed by atoms with van der Waals surface area (Å²) in [5, 5.41) is 11.2. The zero-order chi connectivity index (χ0) is 28.8. The van der Waals surface area contributed by atoms with Crippen molar-refractivity contribution >= 4 is 29.1 Å². The van der Waals surface area contributed by atoms with E-state index in [1.165, 1.54) is 30.9 Å². The Morgan fingerprint density at radius 1 is 1.20 bits per heavy atom. The summed E-state index contributed by atoms with van der Waals surface area (Å²) >= 11 is 1.12. The van der Waals surface area contributed by atoms with Gasteiger partial charge in [0.05, 0.1) is 40.5 Å². The normalized spacial score (nSPS) is 14.8. The highest BCUT2D eigenvalue weighted by Gasteiger charge is 2.34. The van der Waals surface area contributed by atoms with Gasteiger partial charge in [0.25, 0.3) is 11.2 Å². The number of carbonyl (C=O) groups excluding carboxylic acids is 1. The van der Waals surface area contributed by atoms with Gasteiger partial charge >= 0.3 is 5.97 Å². The van der Waals surface area contributed by atoms with E-state index in [0.29, 0.717) is 37.7 Å². The molecule has 1 aromatic heterocycles. The van der Waals surface area contributed by atoms with Crippen LogP contribution in [0.25, 0.3) is 6.08 Å². The van der Waals surface area contributed by atoms with Crippen LogP contribution in [0.15, 0.2) is 76.2 Å². The number of benzene rings is 2. The van der Waals surface area contributed by atoms with Crippen molar-refractivity contribution in [3.63, 3.8) is 0 Å². The lowest BCUT2D eigenvalue weighted by molar-refractivity contribution is -0.384. The van der Waals surface area contributed by atoms with Crippen LogP contribution in [0.2, 0.25) is 0 Å². The third-order valence-corrected chi connectivity index (χ3v) is 6.98. The summed E-state index contributed by atoms with van der Waals surface area (Å²) in [6.07, 6.45) is 3.17. The largest absolute Gasteiger partial charge is 0.493 e. The number of nitro groups is 1. The van der Waals surface area contributed by atoms with Crippen LogP contribution >= 0.6 is 11.3 Å². The second kappa shape index (κ2) is 12.5. The SMILES string of the molecule is C=CCOc1ccc(C2C(C(=O)OCCOC)=C(C)N=c3sc(=Cc4cccc([N+](=O)[O-])c4)c(=O)n32)cc1OC. The number of nitrogens with zero attached hydrogens (tertiary/aromatic N) is 3. The first-order valence-electron chi connectivity index (χ1n) is 12.1. The van der Waals surface area contributed by atoms with E-state index in [9.17, 15) is 19.7 Å². The van der Waals surface area contributed by atoms with E-state index < -0.39 is 22.5 Å². The molecule has 0 aliphatic carbocycles. The fraction of sp³-hybridized carbons (Fsp3) is 0.250. The first-order chi connectivity index (χ1) is 19.3. The lowest BCUT2D eigenvalue weighted by atomic mass is 9.95. The smallest absolute Gasteiger partial charge is 0.338 e. The molecule has 2 heterocycles. The number of hydrogen-bond donors (Lipinski definition) is 0. The van der Waals surface area contributed by atoms with Crippen LogP contribution in [0.5, 0.6) is 11.5 Å². The van der Waals surface area contributed by atoms with E-state index in [1.54, 1.807) is 49.4 Å². The molecule has 12 heteroatoms. The number of fused-ring (bicyclic) bond motifs is 1. The fourth-order valence-electron chi connectivity index (χ4n) is 4.20. The van der Waals surface area contributed by atoms with E-state index in [0.717, 1.165) is 11.3 Å². The second-order valence-corrected chi connectivity index (χ2v) is 9.58. The number of rotatable bonds is 11.